The van der Waals surface area contributed by atoms with Crippen molar-refractivity contribution in [2.24, 2.45) is 0 Å². The molecule has 1 saturated heterocycles. The van der Waals surface area contributed by atoms with E-state index in [4.69, 9.17) is 9.47 Å². The predicted molar refractivity (Wildman–Crippen MR) is 133 cm³/mol. The predicted octanol–water partition coefficient (Wildman–Crippen LogP) is 4.40. The lowest BCUT2D eigenvalue weighted by Gasteiger charge is -2.36. The first kappa shape index (κ1) is 23.4. The van der Waals surface area contributed by atoms with Crippen molar-refractivity contribution in [1.29, 1.82) is 0 Å². The molecule has 1 aliphatic heterocycles. The number of nitrogens with zero attached hydrogens (tertiary/aromatic N) is 2. The number of amides is 1. The molecule has 6 nitrogen and oxygen atoms in total. The van der Waals surface area contributed by atoms with E-state index in [0.29, 0.717) is 6.04 Å². The number of rotatable bonds is 7. The number of hydrogen-bond acceptors (Lipinski definition) is 5. The minimum Gasteiger partial charge on any atom is -0.496 e. The molecule has 0 spiro atoms. The van der Waals surface area contributed by atoms with Gasteiger partial charge in [-0.05, 0) is 63.3 Å². The quantitative estimate of drug-likeness (QED) is 0.676. The van der Waals surface area contributed by atoms with Crippen LogP contribution >= 0.6 is 0 Å². The zero-order valence-corrected chi connectivity index (χ0v) is 20.2. The largest absolute Gasteiger partial charge is 0.496 e. The zero-order chi connectivity index (χ0) is 23.2. The van der Waals surface area contributed by atoms with E-state index >= 15 is 0 Å². The van der Waals surface area contributed by atoms with Gasteiger partial charge in [0.1, 0.15) is 12.4 Å². The standard InChI is InChI=1S/C27H37N3O3/c1-20-4-10-24(11-5-20)29-14-16-30(17-15-29)27(31)19-33-25-12-8-22(9-13-25)28-23-7-6-21(2)26(18-23)32-3/h4-7,10-11,18,22,25,28H,8-9,12-17,19H2,1-3H3. The summed E-state index contributed by atoms with van der Waals surface area (Å²) in [4.78, 5) is 17.0. The van der Waals surface area contributed by atoms with Crippen LogP contribution in [0.5, 0.6) is 5.75 Å². The van der Waals surface area contributed by atoms with Crippen LogP contribution in [0.2, 0.25) is 0 Å². The molecule has 1 saturated carbocycles. The van der Waals surface area contributed by atoms with Crippen LogP contribution in [0.4, 0.5) is 11.4 Å². The highest BCUT2D eigenvalue weighted by molar-refractivity contribution is 5.77. The molecule has 2 aromatic carbocycles. The Morgan fingerprint density at radius 1 is 0.970 bits per heavy atom. The molecule has 2 fully saturated rings. The van der Waals surface area contributed by atoms with Crippen LogP contribution in [-0.4, -0.2) is 62.8 Å². The highest BCUT2D eigenvalue weighted by Crippen LogP contribution is 2.27. The summed E-state index contributed by atoms with van der Waals surface area (Å²) in [5.41, 5.74) is 4.74. The second-order valence-corrected chi connectivity index (χ2v) is 9.32. The van der Waals surface area contributed by atoms with Gasteiger partial charge in [0.2, 0.25) is 5.91 Å². The van der Waals surface area contributed by atoms with Crippen LogP contribution in [0.1, 0.15) is 36.8 Å². The number of hydrogen-bond donors (Lipinski definition) is 1. The minimum absolute atomic E-state index is 0.116. The van der Waals surface area contributed by atoms with Gasteiger partial charge < -0.3 is 24.6 Å². The van der Waals surface area contributed by atoms with E-state index in [1.807, 2.05) is 4.90 Å². The van der Waals surface area contributed by atoms with Crippen molar-refractivity contribution >= 4 is 17.3 Å². The number of carbonyl (C=O) groups excluding carboxylic acids is 1. The maximum atomic E-state index is 12.7. The number of anilines is 2. The Hall–Kier alpha value is -2.73. The van der Waals surface area contributed by atoms with Crippen LogP contribution in [-0.2, 0) is 9.53 Å². The Labute approximate surface area is 197 Å². The van der Waals surface area contributed by atoms with Gasteiger partial charge in [-0.2, -0.15) is 0 Å². The van der Waals surface area contributed by atoms with Crippen molar-refractivity contribution in [2.45, 2.75) is 51.7 Å². The van der Waals surface area contributed by atoms with Gasteiger partial charge in [-0.25, -0.2) is 0 Å². The Morgan fingerprint density at radius 3 is 2.33 bits per heavy atom. The lowest BCUT2D eigenvalue weighted by molar-refractivity contribution is -0.139. The Bertz CT molecular complexity index is 915. The van der Waals surface area contributed by atoms with Gasteiger partial charge in [0, 0.05) is 49.7 Å². The van der Waals surface area contributed by atoms with Crippen molar-refractivity contribution in [2.75, 3.05) is 50.1 Å². The average Bonchev–Trinajstić information content (AvgIpc) is 2.85. The Balaban J connectivity index is 1.16. The molecule has 4 rings (SSSR count). The summed E-state index contributed by atoms with van der Waals surface area (Å²) >= 11 is 0. The number of benzene rings is 2. The van der Waals surface area contributed by atoms with E-state index in [9.17, 15) is 4.79 Å². The third kappa shape index (κ3) is 6.20. The fourth-order valence-corrected chi connectivity index (χ4v) is 4.77. The first-order valence-electron chi connectivity index (χ1n) is 12.1. The molecule has 0 aromatic heterocycles. The smallest absolute Gasteiger partial charge is 0.248 e. The molecule has 0 radical (unpaired) electrons. The van der Waals surface area contributed by atoms with E-state index in [2.05, 4.69) is 66.5 Å². The van der Waals surface area contributed by atoms with Crippen LogP contribution in [0, 0.1) is 13.8 Å². The molecular weight excluding hydrogens is 414 g/mol. The van der Waals surface area contributed by atoms with Crippen molar-refractivity contribution < 1.29 is 14.3 Å². The molecule has 178 valence electrons. The van der Waals surface area contributed by atoms with Gasteiger partial charge >= 0.3 is 0 Å². The van der Waals surface area contributed by atoms with Gasteiger partial charge in [-0.3, -0.25) is 4.79 Å². The number of nitrogens with one attached hydrogen (secondary N) is 1. The monoisotopic (exact) mass is 451 g/mol. The molecule has 0 atom stereocenters. The number of piperazine rings is 1. The van der Waals surface area contributed by atoms with Gasteiger partial charge in [-0.15, -0.1) is 0 Å². The summed E-state index contributed by atoms with van der Waals surface area (Å²) in [5, 5.41) is 3.63. The second-order valence-electron chi connectivity index (χ2n) is 9.32. The van der Waals surface area contributed by atoms with Crippen LogP contribution in [0.25, 0.3) is 0 Å². The van der Waals surface area contributed by atoms with Crippen LogP contribution in [0.15, 0.2) is 42.5 Å². The summed E-state index contributed by atoms with van der Waals surface area (Å²) in [6.07, 6.45) is 4.23. The van der Waals surface area contributed by atoms with E-state index < -0.39 is 0 Å². The van der Waals surface area contributed by atoms with Crippen molar-refractivity contribution in [3.63, 3.8) is 0 Å². The van der Waals surface area contributed by atoms with Gasteiger partial charge in [0.15, 0.2) is 0 Å². The third-order valence-corrected chi connectivity index (χ3v) is 6.93. The molecular formula is C27H37N3O3. The molecule has 1 aliphatic carbocycles. The fourth-order valence-electron chi connectivity index (χ4n) is 4.77. The molecule has 0 bridgehead atoms. The number of methoxy groups -OCH3 is 1. The highest BCUT2D eigenvalue weighted by Gasteiger charge is 2.25. The van der Waals surface area contributed by atoms with E-state index in [0.717, 1.165) is 68.9 Å². The normalized spacial score (nSPS) is 21.1. The molecule has 1 heterocycles. The summed E-state index contributed by atoms with van der Waals surface area (Å²) in [6.45, 7) is 7.61. The second kappa shape index (κ2) is 10.9. The van der Waals surface area contributed by atoms with E-state index in [-0.39, 0.29) is 18.6 Å². The van der Waals surface area contributed by atoms with Crippen LogP contribution in [0.3, 0.4) is 0 Å². The van der Waals surface area contributed by atoms with Crippen molar-refractivity contribution in [3.8, 4) is 5.75 Å². The molecule has 1 amide bonds. The molecule has 2 aromatic rings. The molecule has 1 N–H and O–H groups in total. The molecule has 0 unspecified atom stereocenters. The highest BCUT2D eigenvalue weighted by atomic mass is 16.5. The summed E-state index contributed by atoms with van der Waals surface area (Å²) in [6, 6.07) is 15.3. The Kier molecular flexibility index (Phi) is 7.76. The average molecular weight is 452 g/mol. The maximum Gasteiger partial charge on any atom is 0.248 e. The van der Waals surface area contributed by atoms with Crippen molar-refractivity contribution in [3.05, 3.63) is 53.6 Å². The van der Waals surface area contributed by atoms with Gasteiger partial charge in [0.05, 0.1) is 13.2 Å². The lowest BCUT2D eigenvalue weighted by Crippen LogP contribution is -2.50. The van der Waals surface area contributed by atoms with Crippen molar-refractivity contribution in [1.82, 2.24) is 4.90 Å². The topological polar surface area (TPSA) is 54.0 Å². The fraction of sp³-hybridized carbons (Fsp3) is 0.519. The first-order valence-corrected chi connectivity index (χ1v) is 12.1. The summed E-state index contributed by atoms with van der Waals surface area (Å²) < 4.78 is 11.5. The summed E-state index contributed by atoms with van der Waals surface area (Å²) in [5.74, 6) is 1.03. The van der Waals surface area contributed by atoms with Crippen LogP contribution < -0.4 is 15.0 Å². The number of aryl methyl sites for hydroxylation is 2. The number of ether oxygens (including phenoxy) is 2. The third-order valence-electron chi connectivity index (χ3n) is 6.93. The number of carbonyl (C=O) groups is 1. The SMILES string of the molecule is COc1cc(NC2CCC(OCC(=O)N3CCN(c4ccc(C)cc4)CC3)CC2)ccc1C. The van der Waals surface area contributed by atoms with E-state index in [1.54, 1.807) is 7.11 Å². The van der Waals surface area contributed by atoms with Gasteiger partial charge in [0.25, 0.3) is 0 Å². The molecule has 33 heavy (non-hydrogen) atoms. The first-order chi connectivity index (χ1) is 16.0. The minimum atomic E-state index is 0.116. The van der Waals surface area contributed by atoms with Gasteiger partial charge in [-0.1, -0.05) is 23.8 Å². The summed E-state index contributed by atoms with van der Waals surface area (Å²) in [7, 11) is 1.71. The Morgan fingerprint density at radius 2 is 1.67 bits per heavy atom. The maximum absolute atomic E-state index is 12.7. The lowest BCUT2D eigenvalue weighted by atomic mass is 9.92. The molecule has 2 aliphatic rings. The van der Waals surface area contributed by atoms with E-state index in [1.165, 1.54) is 11.3 Å². The zero-order valence-electron chi connectivity index (χ0n) is 20.2. The molecule has 6 heteroatoms.